The number of fused-ring (bicyclic) bond motifs is 8. The Morgan fingerprint density at radius 2 is 0.429 bits per heavy atom. The fourth-order valence-corrected chi connectivity index (χ4v) is 47.5. The highest BCUT2D eigenvalue weighted by Crippen LogP contribution is 2.74. The summed E-state index contributed by atoms with van der Waals surface area (Å²) in [5.41, 5.74) is 0. The third-order valence-electron chi connectivity index (χ3n) is 50.3. The van der Waals surface area contributed by atoms with Crippen molar-refractivity contribution in [3.05, 3.63) is 0 Å². The van der Waals surface area contributed by atoms with Crippen LogP contribution in [0.5, 0.6) is 0 Å². The number of piperidine rings is 2. The van der Waals surface area contributed by atoms with Crippen molar-refractivity contribution in [2.24, 2.45) is 201 Å². The van der Waals surface area contributed by atoms with Crippen molar-refractivity contribution in [1.82, 2.24) is 14.7 Å². The molecular weight excluding hydrogens is 1430 g/mol. The minimum absolute atomic E-state index is 0.834. The molecule has 4 aliphatic heterocycles. The quantitative estimate of drug-likeness (QED) is 0.191. The third kappa shape index (κ3) is 13.7. The van der Waals surface area contributed by atoms with Gasteiger partial charge in [0.1, 0.15) is 0 Å². The molecule has 22 unspecified atom stereocenters. The molecule has 0 radical (unpaired) electrons. The van der Waals surface area contributed by atoms with Crippen LogP contribution in [0.2, 0.25) is 17.5 Å². The summed E-state index contributed by atoms with van der Waals surface area (Å²) in [6, 6.07) is 7.89. The van der Waals surface area contributed by atoms with Crippen molar-refractivity contribution in [3.8, 4) is 0 Å². The molecule has 36 atom stereocenters. The predicted molar refractivity (Wildman–Crippen MR) is 494 cm³/mol. The molecule has 4 heterocycles. The summed E-state index contributed by atoms with van der Waals surface area (Å²) in [5, 5.41) is 0. The Kier molecular flexibility index (Phi) is 22.6. The molecule has 4 bridgehead atoms. The molecule has 0 aromatic rings. The standard InChI is InChI=1S/C115H184BN3/c1-7-25-72(26-8-1)82-62-99(74-29-11-3-12-30-74)114(100(63-82)75-31-13-4-14-32-75)118-105-66-80(87-51-53-97-93-43-21-39-78-37-19-41-91(109(78)93)95-47-23-45-89(87)111(95)97)49-55-103(105)116-104-56-50-81(88-52-54-98-94-44-22-40-79-38-20-42-92(110(79)94)96-48-24-46-90(88)112(96)98)67-106(104)119(108-69-86(68-107(118)113(108)116)117-84-58-70-57-71(60-84)61-85(117)59-70)115-101(76-33-15-5-16-34-76)64-83(73-27-9-2-10-28-73)65-102(115)77-35-17-6-18-36-77/h70-115H,1-69H2/t70?,71?,78-,79?,80?,81-,82?,83?,84?,85?,86?,87-,88?,89?,90-,91+,92?,93-,94?,95?,96+,97?,98-,99-,100?,101-,102+,103?,104?,105?,106-,107?,108?,109?,110-,111-,112?,113?,114?,115?/m0/s1. The van der Waals surface area contributed by atoms with E-state index >= 15 is 0 Å². The first kappa shape index (κ1) is 79.9. The SMILES string of the molecule is C1CCC(C2CC(C3CCCCC3)C(N3C4CC([C@@H]5CCC6[C@@H]7CCC[C@@H]8CCC[C@@H](C87)C7CCCC5[C@H]67)CCC4B4C5C3CC(N3C6CC7CC(C6)CC3C7)CC5N(C3[C@@H](C5CCCCC5)CC(C5CCCCC5)C[C@H]3C3CCCCC3)[C@H]3C[C@@H](C5CC[C@@H]6C7[C@H]5CCC[C@@H]7C5CCCC7CCCC6[C@@H]75)CCC43)[C@H](C3CCCCC3)C2)CC1. The second-order valence-corrected chi connectivity index (χ2v) is 53.6. The van der Waals surface area contributed by atoms with Gasteiger partial charge in [-0.05, 0) is 379 Å². The summed E-state index contributed by atoms with van der Waals surface area (Å²) >= 11 is 0. The lowest BCUT2D eigenvalue weighted by Gasteiger charge is -2.73. The summed E-state index contributed by atoms with van der Waals surface area (Å²) in [4.78, 5) is 12.0. The fraction of sp³-hybridized carbons (Fsp3) is 1.00. The van der Waals surface area contributed by atoms with E-state index in [0.717, 1.165) is 280 Å². The van der Waals surface area contributed by atoms with Crippen LogP contribution in [0.15, 0.2) is 0 Å². The molecule has 0 amide bonds. The normalized spacial score (nSPS) is 54.6. The first-order chi connectivity index (χ1) is 59.0. The van der Waals surface area contributed by atoms with Crippen LogP contribution < -0.4 is 0 Å². The van der Waals surface area contributed by atoms with E-state index in [2.05, 4.69) is 14.7 Å². The Hall–Kier alpha value is -0.0551. The molecule has 0 aromatic carbocycles. The van der Waals surface area contributed by atoms with Gasteiger partial charge in [0.05, 0.1) is 0 Å². The summed E-state index contributed by atoms with van der Waals surface area (Å²) in [7, 11) is 0. The van der Waals surface area contributed by atoms with Gasteiger partial charge < -0.3 is 0 Å². The zero-order valence-electron chi connectivity index (χ0n) is 77.3. The van der Waals surface area contributed by atoms with E-state index in [9.17, 15) is 0 Å². The maximum absolute atomic E-state index is 4.16. The minimum atomic E-state index is 0.834. The maximum atomic E-state index is 4.16. The van der Waals surface area contributed by atoms with Gasteiger partial charge in [0.15, 0.2) is 6.71 Å². The lowest BCUT2D eigenvalue weighted by molar-refractivity contribution is -0.168. The molecule has 23 aliphatic carbocycles. The monoisotopic (exact) mass is 1620 g/mol. The van der Waals surface area contributed by atoms with E-state index in [-0.39, 0.29) is 0 Å². The third-order valence-corrected chi connectivity index (χ3v) is 50.3. The maximum Gasteiger partial charge on any atom is 0.156 e. The number of hydrogen-bond donors (Lipinski definition) is 0. The Balaban J connectivity index is 0.651. The van der Waals surface area contributed by atoms with E-state index < -0.39 is 0 Å². The van der Waals surface area contributed by atoms with E-state index in [0.29, 0.717) is 0 Å². The van der Waals surface area contributed by atoms with Crippen molar-refractivity contribution in [1.29, 1.82) is 0 Å². The van der Waals surface area contributed by atoms with Crippen LogP contribution in [0.3, 0.4) is 0 Å². The van der Waals surface area contributed by atoms with Gasteiger partial charge in [0.2, 0.25) is 0 Å². The zero-order chi connectivity index (χ0) is 77.7. The second kappa shape index (κ2) is 33.6. The molecule has 27 rings (SSSR count). The van der Waals surface area contributed by atoms with Crippen LogP contribution in [0.4, 0.5) is 0 Å². The average Bonchev–Trinajstić information content (AvgIpc) is 0.682. The Morgan fingerprint density at radius 3 is 0.773 bits per heavy atom. The summed E-state index contributed by atoms with van der Waals surface area (Å²) in [6.07, 6.45) is 112. The summed E-state index contributed by atoms with van der Waals surface area (Å²) in [6.45, 7) is 1.01. The van der Waals surface area contributed by atoms with Crippen molar-refractivity contribution < 1.29 is 0 Å². The van der Waals surface area contributed by atoms with Gasteiger partial charge in [0, 0.05) is 54.4 Å². The second-order valence-electron chi connectivity index (χ2n) is 53.6. The molecule has 23 saturated carbocycles. The lowest BCUT2D eigenvalue weighted by Crippen LogP contribution is -2.78. The first-order valence-electron chi connectivity index (χ1n) is 58.3. The van der Waals surface area contributed by atoms with E-state index in [1.54, 1.807) is 443 Å². The van der Waals surface area contributed by atoms with Gasteiger partial charge in [-0.3, -0.25) is 14.7 Å². The van der Waals surface area contributed by atoms with Crippen LogP contribution in [0, 0.1) is 201 Å². The van der Waals surface area contributed by atoms with Crippen LogP contribution in [0.1, 0.15) is 443 Å². The Labute approximate surface area is 732 Å². The first-order valence-corrected chi connectivity index (χ1v) is 58.3. The van der Waals surface area contributed by atoms with Gasteiger partial charge in [-0.1, -0.05) is 283 Å². The summed E-state index contributed by atoms with van der Waals surface area (Å²) < 4.78 is 0. The molecule has 4 saturated heterocycles. The van der Waals surface area contributed by atoms with Gasteiger partial charge >= 0.3 is 0 Å². The van der Waals surface area contributed by atoms with E-state index in [1.807, 2.05) is 0 Å². The highest BCUT2D eigenvalue weighted by molar-refractivity contribution is 6.65. The number of hydrogen-bond acceptors (Lipinski definition) is 3. The van der Waals surface area contributed by atoms with Crippen molar-refractivity contribution >= 4 is 6.71 Å². The van der Waals surface area contributed by atoms with E-state index in [1.165, 1.54) is 0 Å². The largest absolute Gasteiger partial charge is 0.295 e. The lowest BCUT2D eigenvalue weighted by atomic mass is 9.18. The topological polar surface area (TPSA) is 9.72 Å². The van der Waals surface area contributed by atoms with Crippen molar-refractivity contribution in [3.63, 3.8) is 0 Å². The van der Waals surface area contributed by atoms with Crippen LogP contribution in [-0.2, 0) is 0 Å². The van der Waals surface area contributed by atoms with Crippen LogP contribution in [0.25, 0.3) is 0 Å². The fourth-order valence-electron chi connectivity index (χ4n) is 47.5. The van der Waals surface area contributed by atoms with Crippen molar-refractivity contribution in [2.75, 3.05) is 0 Å². The molecule has 27 aliphatic rings. The highest BCUT2D eigenvalue weighted by atomic mass is 15.3. The molecular formula is C115H184BN3. The van der Waals surface area contributed by atoms with Crippen LogP contribution >= 0.6 is 0 Å². The molecule has 0 aromatic heterocycles. The number of nitrogens with zero attached hydrogens (tertiary/aromatic N) is 3. The molecule has 3 nitrogen and oxygen atoms in total. The van der Waals surface area contributed by atoms with Crippen molar-refractivity contribution in [2.45, 2.75) is 515 Å². The van der Waals surface area contributed by atoms with Gasteiger partial charge in [-0.15, -0.1) is 0 Å². The minimum Gasteiger partial charge on any atom is -0.295 e. The Bertz CT molecular complexity index is 3080. The Morgan fingerprint density at radius 1 is 0.151 bits per heavy atom. The average molecular weight is 1620 g/mol. The zero-order valence-corrected chi connectivity index (χ0v) is 77.3. The van der Waals surface area contributed by atoms with Gasteiger partial charge in [-0.2, -0.15) is 0 Å². The number of rotatable bonds is 11. The van der Waals surface area contributed by atoms with Crippen LogP contribution in [-0.4, -0.2) is 75.8 Å². The van der Waals surface area contributed by atoms with E-state index in [4.69, 9.17) is 0 Å². The molecule has 662 valence electrons. The molecule has 27 fully saturated rings. The summed E-state index contributed by atoms with van der Waals surface area (Å²) in [5.74, 6) is 39.2. The smallest absolute Gasteiger partial charge is 0.156 e. The predicted octanol–water partition coefficient (Wildman–Crippen LogP) is 30.0. The van der Waals surface area contributed by atoms with Gasteiger partial charge in [-0.25, -0.2) is 0 Å². The van der Waals surface area contributed by atoms with Gasteiger partial charge in [0.25, 0.3) is 0 Å². The molecule has 4 heteroatoms. The molecule has 119 heavy (non-hydrogen) atoms. The molecule has 0 N–H and O–H groups in total. The highest BCUT2D eigenvalue weighted by Gasteiger charge is 2.72. The molecule has 0 spiro atoms.